The van der Waals surface area contributed by atoms with Crippen LogP contribution in [0.3, 0.4) is 0 Å². The van der Waals surface area contributed by atoms with Gasteiger partial charge < -0.3 is 9.30 Å². The highest BCUT2D eigenvalue weighted by atomic mass is 16.5. The van der Waals surface area contributed by atoms with Gasteiger partial charge in [0, 0.05) is 44.8 Å². The lowest BCUT2D eigenvalue weighted by molar-refractivity contribution is -0.134. The second-order valence-electron chi connectivity index (χ2n) is 6.35. The summed E-state index contributed by atoms with van der Waals surface area (Å²) in [5, 5.41) is 0. The third-order valence-electron chi connectivity index (χ3n) is 4.79. The van der Waals surface area contributed by atoms with Crippen molar-refractivity contribution in [2.75, 3.05) is 20.2 Å². The molecule has 4 heteroatoms. The molecule has 0 saturated carbocycles. The van der Waals surface area contributed by atoms with Crippen molar-refractivity contribution in [3.05, 3.63) is 84.4 Å². The van der Waals surface area contributed by atoms with Crippen LogP contribution in [0.5, 0.6) is 0 Å². The number of hydrogen-bond acceptors (Lipinski definition) is 3. The molecule has 2 heterocycles. The summed E-state index contributed by atoms with van der Waals surface area (Å²) < 4.78 is 7.86. The Kier molecular flexibility index (Phi) is 3.92. The Balaban J connectivity index is 1.41. The van der Waals surface area contributed by atoms with E-state index in [-0.39, 0.29) is 5.60 Å². The van der Waals surface area contributed by atoms with E-state index in [1.807, 2.05) is 30.3 Å². The number of likely N-dealkylation sites (tertiary alicyclic amines) is 1. The Morgan fingerprint density at radius 3 is 2.42 bits per heavy atom. The number of ether oxygens (including phenoxy) is 1. The van der Waals surface area contributed by atoms with Gasteiger partial charge in [-0.15, -0.1) is 0 Å². The molecule has 0 unspecified atom stereocenters. The smallest absolute Gasteiger partial charge is 0.118 e. The topological polar surface area (TPSA) is 30.3 Å². The second kappa shape index (κ2) is 6.23. The van der Waals surface area contributed by atoms with E-state index < -0.39 is 0 Å². The van der Waals surface area contributed by atoms with Crippen molar-refractivity contribution >= 4 is 0 Å². The fourth-order valence-electron chi connectivity index (χ4n) is 3.40. The van der Waals surface area contributed by atoms with Crippen LogP contribution in [-0.2, 0) is 16.9 Å². The number of nitrogens with zero attached hydrogens (tertiary/aromatic N) is 3. The van der Waals surface area contributed by atoms with E-state index in [9.17, 15) is 0 Å². The zero-order valence-electron chi connectivity index (χ0n) is 13.8. The van der Waals surface area contributed by atoms with E-state index in [2.05, 4.69) is 58.4 Å². The lowest BCUT2D eigenvalue weighted by Crippen LogP contribution is -2.59. The maximum absolute atomic E-state index is 5.84. The highest BCUT2D eigenvalue weighted by molar-refractivity contribution is 5.35. The van der Waals surface area contributed by atoms with Gasteiger partial charge in [0.1, 0.15) is 5.60 Å². The van der Waals surface area contributed by atoms with Crippen LogP contribution in [0.15, 0.2) is 73.3 Å². The minimum absolute atomic E-state index is 0.155. The minimum atomic E-state index is -0.155. The first-order chi connectivity index (χ1) is 11.8. The maximum atomic E-state index is 5.84. The molecule has 122 valence electrons. The van der Waals surface area contributed by atoms with Crippen molar-refractivity contribution in [2.24, 2.45) is 0 Å². The van der Waals surface area contributed by atoms with Crippen molar-refractivity contribution in [1.29, 1.82) is 0 Å². The molecule has 3 aromatic rings. The average Bonchev–Trinajstić information content (AvgIpc) is 3.14. The summed E-state index contributed by atoms with van der Waals surface area (Å²) in [6.45, 7) is 2.80. The van der Waals surface area contributed by atoms with E-state index in [0.29, 0.717) is 0 Å². The van der Waals surface area contributed by atoms with E-state index in [1.165, 1.54) is 11.1 Å². The Hall–Kier alpha value is -2.43. The van der Waals surface area contributed by atoms with Gasteiger partial charge in [-0.1, -0.05) is 42.5 Å². The van der Waals surface area contributed by atoms with E-state index >= 15 is 0 Å². The SMILES string of the molecule is COC1(c2ccccc2)CN(Cc2ccc(-n3ccnc3)cc2)C1. The van der Waals surface area contributed by atoms with E-state index in [0.717, 1.165) is 25.3 Å². The number of aromatic nitrogens is 2. The van der Waals surface area contributed by atoms with Crippen molar-refractivity contribution in [2.45, 2.75) is 12.1 Å². The third-order valence-corrected chi connectivity index (χ3v) is 4.79. The summed E-state index contributed by atoms with van der Waals surface area (Å²) in [4.78, 5) is 6.51. The van der Waals surface area contributed by atoms with Gasteiger partial charge in [-0.2, -0.15) is 0 Å². The molecule has 0 spiro atoms. The van der Waals surface area contributed by atoms with Crippen LogP contribution in [0.25, 0.3) is 5.69 Å². The van der Waals surface area contributed by atoms with Crippen LogP contribution in [0.4, 0.5) is 0 Å². The zero-order chi connectivity index (χ0) is 16.4. The molecule has 1 saturated heterocycles. The second-order valence-corrected chi connectivity index (χ2v) is 6.35. The maximum Gasteiger partial charge on any atom is 0.118 e. The Morgan fingerprint density at radius 2 is 1.79 bits per heavy atom. The summed E-state index contributed by atoms with van der Waals surface area (Å²) >= 11 is 0. The molecule has 1 fully saturated rings. The van der Waals surface area contributed by atoms with Crippen LogP contribution >= 0.6 is 0 Å². The number of benzene rings is 2. The average molecular weight is 319 g/mol. The lowest BCUT2D eigenvalue weighted by Gasteiger charge is -2.49. The van der Waals surface area contributed by atoms with E-state index in [4.69, 9.17) is 4.74 Å². The number of imidazole rings is 1. The molecule has 4 rings (SSSR count). The van der Waals surface area contributed by atoms with Crippen LogP contribution < -0.4 is 0 Å². The van der Waals surface area contributed by atoms with Gasteiger partial charge in [-0.3, -0.25) is 4.90 Å². The monoisotopic (exact) mass is 319 g/mol. The molecule has 0 amide bonds. The summed E-state index contributed by atoms with van der Waals surface area (Å²) in [5.41, 5.74) is 3.56. The largest absolute Gasteiger partial charge is 0.371 e. The first-order valence-corrected chi connectivity index (χ1v) is 8.19. The summed E-state index contributed by atoms with van der Waals surface area (Å²) in [5.74, 6) is 0. The molecule has 2 aromatic carbocycles. The lowest BCUT2D eigenvalue weighted by atomic mass is 9.85. The van der Waals surface area contributed by atoms with Gasteiger partial charge in [0.2, 0.25) is 0 Å². The van der Waals surface area contributed by atoms with Gasteiger partial charge in [0.05, 0.1) is 6.33 Å². The van der Waals surface area contributed by atoms with Crippen LogP contribution in [-0.4, -0.2) is 34.7 Å². The molecule has 0 bridgehead atoms. The van der Waals surface area contributed by atoms with Crippen LogP contribution in [0.1, 0.15) is 11.1 Å². The normalized spacial score (nSPS) is 16.7. The molecule has 1 aromatic heterocycles. The number of hydrogen-bond donors (Lipinski definition) is 0. The van der Waals surface area contributed by atoms with Gasteiger partial charge in [-0.05, 0) is 23.3 Å². The molecular formula is C20H21N3O. The third kappa shape index (κ3) is 2.75. The molecule has 0 atom stereocenters. The molecule has 0 radical (unpaired) electrons. The highest BCUT2D eigenvalue weighted by Gasteiger charge is 2.44. The van der Waals surface area contributed by atoms with Crippen molar-refractivity contribution in [1.82, 2.24) is 14.5 Å². The summed E-state index contributed by atoms with van der Waals surface area (Å²) in [6, 6.07) is 19.2. The van der Waals surface area contributed by atoms with Gasteiger partial charge in [0.25, 0.3) is 0 Å². The molecule has 24 heavy (non-hydrogen) atoms. The summed E-state index contributed by atoms with van der Waals surface area (Å²) in [6.07, 6.45) is 5.57. The number of rotatable bonds is 5. The van der Waals surface area contributed by atoms with Gasteiger partial charge >= 0.3 is 0 Å². The molecule has 4 nitrogen and oxygen atoms in total. The Bertz CT molecular complexity index is 776. The van der Waals surface area contributed by atoms with E-state index in [1.54, 1.807) is 6.20 Å². The standard InChI is InChI=1S/C20H21N3O/c1-24-20(18-5-3-2-4-6-18)14-22(15-20)13-17-7-9-19(10-8-17)23-12-11-21-16-23/h2-12,16H,13-15H2,1H3. The van der Waals surface area contributed by atoms with Crippen LogP contribution in [0.2, 0.25) is 0 Å². The van der Waals surface area contributed by atoms with Crippen molar-refractivity contribution < 1.29 is 4.74 Å². The quantitative estimate of drug-likeness (QED) is 0.723. The highest BCUT2D eigenvalue weighted by Crippen LogP contribution is 2.36. The fraction of sp³-hybridized carbons (Fsp3) is 0.250. The zero-order valence-corrected chi connectivity index (χ0v) is 13.8. The number of methoxy groups -OCH3 is 1. The van der Waals surface area contributed by atoms with Crippen LogP contribution in [0, 0.1) is 0 Å². The van der Waals surface area contributed by atoms with Gasteiger partial charge in [0.15, 0.2) is 0 Å². The molecule has 1 aliphatic heterocycles. The minimum Gasteiger partial charge on any atom is -0.371 e. The first-order valence-electron chi connectivity index (χ1n) is 8.19. The van der Waals surface area contributed by atoms with Crippen molar-refractivity contribution in [3.8, 4) is 5.69 Å². The Morgan fingerprint density at radius 1 is 1.04 bits per heavy atom. The summed E-state index contributed by atoms with van der Waals surface area (Å²) in [7, 11) is 1.81. The van der Waals surface area contributed by atoms with Gasteiger partial charge in [-0.25, -0.2) is 4.98 Å². The molecule has 1 aliphatic rings. The Labute approximate surface area is 142 Å². The van der Waals surface area contributed by atoms with Crippen molar-refractivity contribution in [3.63, 3.8) is 0 Å². The molecule has 0 N–H and O–H groups in total. The predicted molar refractivity (Wildman–Crippen MR) is 94.0 cm³/mol. The predicted octanol–water partition coefficient (Wildman–Crippen LogP) is 3.23. The molecular weight excluding hydrogens is 298 g/mol. The molecule has 0 aliphatic carbocycles. The first kappa shape index (κ1) is 15.1. The fourth-order valence-corrected chi connectivity index (χ4v) is 3.40.